The summed E-state index contributed by atoms with van der Waals surface area (Å²) in [7, 11) is 0. The lowest BCUT2D eigenvalue weighted by Crippen LogP contribution is -2.20. The average Bonchev–Trinajstić information content (AvgIpc) is 2.70. The van der Waals surface area contributed by atoms with Crippen LogP contribution in [0.3, 0.4) is 0 Å². The van der Waals surface area contributed by atoms with Gasteiger partial charge in [0.1, 0.15) is 12.4 Å². The van der Waals surface area contributed by atoms with Gasteiger partial charge in [-0.2, -0.15) is 0 Å². The monoisotopic (exact) mass is 365 g/mol. The molecule has 0 amide bonds. The SMILES string of the molecule is Cc1ccc(COc2ccc3ccccc3c2CNCCOCCO)cc1. The van der Waals surface area contributed by atoms with Gasteiger partial charge >= 0.3 is 0 Å². The quantitative estimate of drug-likeness (QED) is 0.536. The molecule has 2 N–H and O–H groups in total. The molecule has 0 bridgehead atoms. The molecule has 3 aromatic carbocycles. The largest absolute Gasteiger partial charge is 0.489 e. The molecule has 27 heavy (non-hydrogen) atoms. The van der Waals surface area contributed by atoms with Gasteiger partial charge in [-0.15, -0.1) is 0 Å². The maximum Gasteiger partial charge on any atom is 0.124 e. The molecule has 0 saturated carbocycles. The lowest BCUT2D eigenvalue weighted by Gasteiger charge is -2.15. The van der Waals surface area contributed by atoms with E-state index in [9.17, 15) is 0 Å². The zero-order valence-electron chi connectivity index (χ0n) is 15.8. The van der Waals surface area contributed by atoms with Gasteiger partial charge in [0.25, 0.3) is 0 Å². The summed E-state index contributed by atoms with van der Waals surface area (Å²) in [5.41, 5.74) is 3.56. The fourth-order valence-electron chi connectivity index (χ4n) is 3.00. The Kier molecular flexibility index (Phi) is 7.22. The molecule has 0 spiro atoms. The predicted octanol–water partition coefficient (Wildman–Crippen LogP) is 3.83. The van der Waals surface area contributed by atoms with Gasteiger partial charge in [-0.3, -0.25) is 0 Å². The Labute approximate surface area is 160 Å². The van der Waals surface area contributed by atoms with Crippen molar-refractivity contribution in [3.63, 3.8) is 0 Å². The van der Waals surface area contributed by atoms with E-state index in [2.05, 4.69) is 72.9 Å². The zero-order chi connectivity index (χ0) is 18.9. The van der Waals surface area contributed by atoms with Crippen LogP contribution in [0.1, 0.15) is 16.7 Å². The van der Waals surface area contributed by atoms with Gasteiger partial charge < -0.3 is 19.9 Å². The second-order valence-corrected chi connectivity index (χ2v) is 6.55. The molecule has 4 nitrogen and oxygen atoms in total. The Morgan fingerprint density at radius 3 is 2.56 bits per heavy atom. The van der Waals surface area contributed by atoms with E-state index in [1.807, 2.05) is 0 Å². The standard InChI is InChI=1S/C23H27NO3/c1-18-6-8-19(9-7-18)17-27-23-11-10-20-4-2-3-5-21(20)22(23)16-24-12-14-26-15-13-25/h2-11,24-25H,12-17H2,1H3. The van der Waals surface area contributed by atoms with E-state index in [-0.39, 0.29) is 6.61 Å². The molecule has 3 rings (SSSR count). The van der Waals surface area contributed by atoms with E-state index in [0.29, 0.717) is 26.4 Å². The highest BCUT2D eigenvalue weighted by molar-refractivity contribution is 5.87. The number of aryl methyl sites for hydroxylation is 1. The van der Waals surface area contributed by atoms with E-state index in [0.717, 1.165) is 23.4 Å². The van der Waals surface area contributed by atoms with Crippen LogP contribution >= 0.6 is 0 Å². The Balaban J connectivity index is 1.71. The van der Waals surface area contributed by atoms with Crippen molar-refractivity contribution in [1.82, 2.24) is 5.32 Å². The number of aliphatic hydroxyl groups excluding tert-OH is 1. The van der Waals surface area contributed by atoms with Crippen LogP contribution in [0.15, 0.2) is 60.7 Å². The van der Waals surface area contributed by atoms with E-state index in [1.165, 1.54) is 16.3 Å². The summed E-state index contributed by atoms with van der Waals surface area (Å²) < 4.78 is 11.5. The number of hydrogen-bond donors (Lipinski definition) is 2. The summed E-state index contributed by atoms with van der Waals surface area (Å²) >= 11 is 0. The molecular weight excluding hydrogens is 338 g/mol. The minimum atomic E-state index is 0.0559. The Bertz CT molecular complexity index is 846. The molecule has 0 heterocycles. The normalized spacial score (nSPS) is 11.0. The van der Waals surface area contributed by atoms with E-state index >= 15 is 0 Å². The highest BCUT2D eigenvalue weighted by atomic mass is 16.5. The molecular formula is C23H27NO3. The predicted molar refractivity (Wildman–Crippen MR) is 109 cm³/mol. The summed E-state index contributed by atoms with van der Waals surface area (Å²) in [4.78, 5) is 0. The van der Waals surface area contributed by atoms with Crippen molar-refractivity contribution in [2.24, 2.45) is 0 Å². The van der Waals surface area contributed by atoms with Gasteiger partial charge in [0, 0.05) is 18.7 Å². The van der Waals surface area contributed by atoms with E-state index in [4.69, 9.17) is 14.6 Å². The van der Waals surface area contributed by atoms with Crippen molar-refractivity contribution < 1.29 is 14.6 Å². The minimum absolute atomic E-state index is 0.0559. The first kappa shape index (κ1) is 19.4. The van der Waals surface area contributed by atoms with Gasteiger partial charge in [0.05, 0.1) is 19.8 Å². The van der Waals surface area contributed by atoms with Gasteiger partial charge in [-0.05, 0) is 29.3 Å². The molecule has 4 heteroatoms. The second kappa shape index (κ2) is 10.1. The third kappa shape index (κ3) is 5.54. The first-order valence-electron chi connectivity index (χ1n) is 9.36. The first-order valence-corrected chi connectivity index (χ1v) is 9.36. The topological polar surface area (TPSA) is 50.7 Å². The summed E-state index contributed by atoms with van der Waals surface area (Å²) in [6, 6.07) is 20.9. The molecule has 0 atom stereocenters. The molecule has 0 fully saturated rings. The number of hydrogen-bond acceptors (Lipinski definition) is 4. The first-order chi connectivity index (χ1) is 13.3. The molecule has 0 aliphatic heterocycles. The smallest absolute Gasteiger partial charge is 0.124 e. The Morgan fingerprint density at radius 2 is 1.74 bits per heavy atom. The average molecular weight is 365 g/mol. The van der Waals surface area contributed by atoms with Crippen LogP contribution in [0, 0.1) is 6.92 Å². The number of rotatable bonds is 10. The summed E-state index contributed by atoms with van der Waals surface area (Å²) in [5, 5.41) is 14.6. The maximum atomic E-state index is 8.76. The molecule has 142 valence electrons. The summed E-state index contributed by atoms with van der Waals surface area (Å²) in [6.45, 7) is 5.06. The third-order valence-corrected chi connectivity index (χ3v) is 4.47. The van der Waals surface area contributed by atoms with Crippen LogP contribution in [0.5, 0.6) is 5.75 Å². The van der Waals surface area contributed by atoms with Gasteiger partial charge in [0.2, 0.25) is 0 Å². The summed E-state index contributed by atoms with van der Waals surface area (Å²) in [6.07, 6.45) is 0. The van der Waals surface area contributed by atoms with Crippen LogP contribution in [0.25, 0.3) is 10.8 Å². The van der Waals surface area contributed by atoms with Crippen LogP contribution in [0.2, 0.25) is 0 Å². The van der Waals surface area contributed by atoms with Crippen molar-refractivity contribution in [2.75, 3.05) is 26.4 Å². The zero-order valence-corrected chi connectivity index (χ0v) is 15.8. The molecule has 0 aliphatic carbocycles. The third-order valence-electron chi connectivity index (χ3n) is 4.47. The number of aliphatic hydroxyl groups is 1. The Morgan fingerprint density at radius 1 is 0.926 bits per heavy atom. The number of fused-ring (bicyclic) bond motifs is 1. The van der Waals surface area contributed by atoms with Crippen LogP contribution < -0.4 is 10.1 Å². The number of nitrogens with one attached hydrogen (secondary N) is 1. The van der Waals surface area contributed by atoms with E-state index in [1.54, 1.807) is 0 Å². The lowest BCUT2D eigenvalue weighted by molar-refractivity contribution is 0.0938. The fraction of sp³-hybridized carbons (Fsp3) is 0.304. The lowest BCUT2D eigenvalue weighted by atomic mass is 10.0. The molecule has 0 radical (unpaired) electrons. The van der Waals surface area contributed by atoms with Crippen molar-refractivity contribution in [3.05, 3.63) is 77.4 Å². The van der Waals surface area contributed by atoms with E-state index < -0.39 is 0 Å². The van der Waals surface area contributed by atoms with Crippen molar-refractivity contribution in [2.45, 2.75) is 20.1 Å². The van der Waals surface area contributed by atoms with Crippen molar-refractivity contribution >= 4 is 10.8 Å². The van der Waals surface area contributed by atoms with Crippen LogP contribution in [-0.4, -0.2) is 31.5 Å². The minimum Gasteiger partial charge on any atom is -0.489 e. The van der Waals surface area contributed by atoms with Gasteiger partial charge in [-0.25, -0.2) is 0 Å². The second-order valence-electron chi connectivity index (χ2n) is 6.55. The number of ether oxygens (including phenoxy) is 2. The van der Waals surface area contributed by atoms with Crippen molar-refractivity contribution in [1.29, 1.82) is 0 Å². The van der Waals surface area contributed by atoms with Crippen LogP contribution in [-0.2, 0) is 17.9 Å². The number of benzene rings is 3. The molecule has 0 saturated heterocycles. The molecule has 0 aliphatic rings. The van der Waals surface area contributed by atoms with Crippen molar-refractivity contribution in [3.8, 4) is 5.75 Å². The highest BCUT2D eigenvalue weighted by Crippen LogP contribution is 2.28. The van der Waals surface area contributed by atoms with Crippen LogP contribution in [0.4, 0.5) is 0 Å². The summed E-state index contributed by atoms with van der Waals surface area (Å²) in [5.74, 6) is 0.901. The fourth-order valence-corrected chi connectivity index (χ4v) is 3.00. The Hall–Kier alpha value is -2.40. The highest BCUT2D eigenvalue weighted by Gasteiger charge is 2.09. The maximum absolute atomic E-state index is 8.76. The molecule has 0 unspecified atom stereocenters. The molecule has 3 aromatic rings. The van der Waals surface area contributed by atoms with Gasteiger partial charge in [0.15, 0.2) is 0 Å². The van der Waals surface area contributed by atoms with Gasteiger partial charge in [-0.1, -0.05) is 60.2 Å². The molecule has 0 aromatic heterocycles.